The highest BCUT2D eigenvalue weighted by Crippen LogP contribution is 2.20. The van der Waals surface area contributed by atoms with Gasteiger partial charge in [0, 0.05) is 16.9 Å². The van der Waals surface area contributed by atoms with Gasteiger partial charge in [0.05, 0.1) is 11.9 Å². The van der Waals surface area contributed by atoms with Crippen molar-refractivity contribution < 1.29 is 0 Å². The zero-order chi connectivity index (χ0) is 13.9. The molecule has 0 saturated heterocycles. The summed E-state index contributed by atoms with van der Waals surface area (Å²) in [6, 6.07) is 9.89. The molecule has 1 aromatic carbocycles. The van der Waals surface area contributed by atoms with Gasteiger partial charge in [0.1, 0.15) is 12.7 Å². The third-order valence-corrected chi connectivity index (χ3v) is 3.35. The highest BCUT2D eigenvalue weighted by Gasteiger charge is 2.03. The van der Waals surface area contributed by atoms with Crippen molar-refractivity contribution in [3.05, 3.63) is 65.5 Å². The van der Waals surface area contributed by atoms with E-state index in [-0.39, 0.29) is 0 Å². The third kappa shape index (κ3) is 2.48. The first-order valence-corrected chi connectivity index (χ1v) is 6.45. The monoisotopic (exact) mass is 285 g/mol. The summed E-state index contributed by atoms with van der Waals surface area (Å²) in [6.45, 7) is 1.98. The summed E-state index contributed by atoms with van der Waals surface area (Å²) in [6.07, 6.45) is 6.78. The largest absolute Gasteiger partial charge is 0.316 e. The van der Waals surface area contributed by atoms with Crippen LogP contribution < -0.4 is 0 Å². The van der Waals surface area contributed by atoms with Gasteiger partial charge in [-0.1, -0.05) is 17.7 Å². The number of hydrogen-bond donors (Lipinski definition) is 0. The van der Waals surface area contributed by atoms with E-state index in [9.17, 15) is 0 Å². The Bertz CT molecular complexity index is 743. The molecule has 0 amide bonds. The number of aromatic nitrogens is 4. The quantitative estimate of drug-likeness (QED) is 0.695. The smallest absolute Gasteiger partial charge is 0.141 e. The van der Waals surface area contributed by atoms with Crippen LogP contribution in [0.2, 0.25) is 5.02 Å². The molecule has 0 radical (unpaired) electrons. The second-order valence-corrected chi connectivity index (χ2v) is 4.73. The zero-order valence-electron chi connectivity index (χ0n) is 10.8. The van der Waals surface area contributed by atoms with E-state index in [0.29, 0.717) is 0 Å². The minimum atomic E-state index is 0.748. The van der Waals surface area contributed by atoms with Crippen molar-refractivity contribution in [1.29, 1.82) is 0 Å². The maximum absolute atomic E-state index is 6.17. The molecule has 3 aromatic rings. The molecule has 5 nitrogen and oxygen atoms in total. The van der Waals surface area contributed by atoms with Crippen LogP contribution in [0.1, 0.15) is 11.3 Å². The van der Waals surface area contributed by atoms with Crippen LogP contribution in [0.3, 0.4) is 0 Å². The van der Waals surface area contributed by atoms with Gasteiger partial charge >= 0.3 is 0 Å². The van der Waals surface area contributed by atoms with E-state index in [2.05, 4.69) is 15.3 Å². The normalized spacial score (nSPS) is 11.3. The van der Waals surface area contributed by atoms with Gasteiger partial charge in [0.25, 0.3) is 0 Å². The van der Waals surface area contributed by atoms with Crippen molar-refractivity contribution in [3.8, 4) is 5.69 Å². The minimum absolute atomic E-state index is 0.748. The molecule has 0 aliphatic heterocycles. The molecular weight excluding hydrogens is 274 g/mol. The first-order valence-electron chi connectivity index (χ1n) is 6.07. The second-order valence-electron chi connectivity index (χ2n) is 4.32. The number of halogens is 1. The predicted octanol–water partition coefficient (Wildman–Crippen LogP) is 2.91. The Morgan fingerprint density at radius 1 is 1.20 bits per heavy atom. The summed E-state index contributed by atoms with van der Waals surface area (Å²) in [5.41, 5.74) is 3.00. The average Bonchev–Trinajstić information content (AvgIpc) is 3.10. The summed E-state index contributed by atoms with van der Waals surface area (Å²) in [5, 5.41) is 12.4. The van der Waals surface area contributed by atoms with Crippen molar-refractivity contribution in [1.82, 2.24) is 19.4 Å². The Morgan fingerprint density at radius 2 is 2.00 bits per heavy atom. The molecule has 3 rings (SSSR count). The van der Waals surface area contributed by atoms with Crippen molar-refractivity contribution in [2.24, 2.45) is 5.10 Å². The van der Waals surface area contributed by atoms with Gasteiger partial charge in [-0.15, -0.1) is 10.2 Å². The minimum Gasteiger partial charge on any atom is -0.316 e. The highest BCUT2D eigenvalue weighted by atomic mass is 35.5. The van der Waals surface area contributed by atoms with E-state index in [4.69, 9.17) is 11.6 Å². The van der Waals surface area contributed by atoms with Crippen LogP contribution in [0.15, 0.2) is 54.3 Å². The van der Waals surface area contributed by atoms with Gasteiger partial charge < -0.3 is 4.57 Å². The number of nitrogens with zero attached hydrogens (tertiary/aromatic N) is 5. The van der Waals surface area contributed by atoms with Crippen molar-refractivity contribution in [2.75, 3.05) is 0 Å². The number of benzene rings is 1. The standard InChI is InChI=1S/C14H12ClN5/c1-11-4-5-12(7-14(11)15)20-6-2-3-13(20)8-18-19-9-16-17-10-19/h2-10H,1H3/b18-8-. The van der Waals surface area contributed by atoms with E-state index < -0.39 is 0 Å². The van der Waals surface area contributed by atoms with Crippen LogP contribution in [-0.4, -0.2) is 25.7 Å². The van der Waals surface area contributed by atoms with E-state index in [1.165, 1.54) is 12.7 Å². The van der Waals surface area contributed by atoms with E-state index in [1.54, 1.807) is 10.9 Å². The molecule has 6 heteroatoms. The van der Waals surface area contributed by atoms with Crippen LogP contribution in [-0.2, 0) is 0 Å². The molecule has 0 saturated carbocycles. The molecule has 0 bridgehead atoms. The van der Waals surface area contributed by atoms with Gasteiger partial charge in [0.2, 0.25) is 0 Å². The van der Waals surface area contributed by atoms with Crippen LogP contribution in [0.25, 0.3) is 5.69 Å². The fraction of sp³-hybridized carbons (Fsp3) is 0.0714. The first-order chi connectivity index (χ1) is 9.74. The number of aryl methyl sites for hydroxylation is 1. The van der Waals surface area contributed by atoms with Gasteiger partial charge in [-0.2, -0.15) is 5.10 Å². The lowest BCUT2D eigenvalue weighted by Gasteiger charge is -2.08. The molecule has 0 fully saturated rings. The Balaban J connectivity index is 1.95. The van der Waals surface area contributed by atoms with Crippen LogP contribution >= 0.6 is 11.6 Å². The maximum Gasteiger partial charge on any atom is 0.141 e. The maximum atomic E-state index is 6.17. The van der Waals surface area contributed by atoms with Crippen LogP contribution in [0, 0.1) is 6.92 Å². The van der Waals surface area contributed by atoms with Gasteiger partial charge in [-0.05, 0) is 36.8 Å². The van der Waals surface area contributed by atoms with Gasteiger partial charge in [0.15, 0.2) is 0 Å². The topological polar surface area (TPSA) is 48.0 Å². The van der Waals surface area contributed by atoms with Crippen molar-refractivity contribution >= 4 is 17.8 Å². The molecule has 0 unspecified atom stereocenters. The summed E-state index contributed by atoms with van der Waals surface area (Å²) >= 11 is 6.17. The van der Waals surface area contributed by atoms with E-state index in [1.807, 2.05) is 48.0 Å². The predicted molar refractivity (Wildman–Crippen MR) is 78.5 cm³/mol. The summed E-state index contributed by atoms with van der Waals surface area (Å²) in [5.74, 6) is 0. The average molecular weight is 286 g/mol. The molecular formula is C14H12ClN5. The molecule has 0 spiro atoms. The Morgan fingerprint density at radius 3 is 2.75 bits per heavy atom. The lowest BCUT2D eigenvalue weighted by Crippen LogP contribution is -1.99. The molecule has 2 heterocycles. The molecule has 2 aromatic heterocycles. The van der Waals surface area contributed by atoms with Gasteiger partial charge in [-0.25, -0.2) is 4.68 Å². The number of rotatable bonds is 3. The summed E-state index contributed by atoms with van der Waals surface area (Å²) in [7, 11) is 0. The molecule has 0 atom stereocenters. The fourth-order valence-electron chi connectivity index (χ4n) is 1.85. The Labute approximate surface area is 121 Å². The van der Waals surface area contributed by atoms with E-state index >= 15 is 0 Å². The Kier molecular flexibility index (Phi) is 3.35. The number of hydrogen-bond acceptors (Lipinski definition) is 3. The molecule has 0 N–H and O–H groups in total. The first kappa shape index (κ1) is 12.6. The van der Waals surface area contributed by atoms with Crippen molar-refractivity contribution in [2.45, 2.75) is 6.92 Å². The fourth-order valence-corrected chi connectivity index (χ4v) is 2.02. The zero-order valence-corrected chi connectivity index (χ0v) is 11.6. The lowest BCUT2D eigenvalue weighted by atomic mass is 10.2. The second kappa shape index (κ2) is 5.30. The lowest BCUT2D eigenvalue weighted by molar-refractivity contribution is 0.875. The van der Waals surface area contributed by atoms with Crippen LogP contribution in [0.4, 0.5) is 0 Å². The SMILES string of the molecule is Cc1ccc(-n2cccc2/C=N\n2cnnc2)cc1Cl. The summed E-state index contributed by atoms with van der Waals surface area (Å²) in [4.78, 5) is 0. The third-order valence-electron chi connectivity index (χ3n) is 2.94. The molecule has 20 heavy (non-hydrogen) atoms. The molecule has 0 aliphatic carbocycles. The summed E-state index contributed by atoms with van der Waals surface area (Å²) < 4.78 is 3.55. The van der Waals surface area contributed by atoms with Crippen molar-refractivity contribution in [3.63, 3.8) is 0 Å². The highest BCUT2D eigenvalue weighted by molar-refractivity contribution is 6.31. The van der Waals surface area contributed by atoms with E-state index in [0.717, 1.165) is 22.0 Å². The van der Waals surface area contributed by atoms with Gasteiger partial charge in [-0.3, -0.25) is 0 Å². The molecule has 0 aliphatic rings. The van der Waals surface area contributed by atoms with Crippen LogP contribution in [0.5, 0.6) is 0 Å². The molecule has 100 valence electrons. The Hall–Kier alpha value is -2.40.